The predicted molar refractivity (Wildman–Crippen MR) is 80.0 cm³/mol. The number of rotatable bonds is 3. The quantitative estimate of drug-likeness (QED) is 0.875. The van der Waals surface area contributed by atoms with Gasteiger partial charge in [-0.25, -0.2) is 0 Å². The van der Waals surface area contributed by atoms with E-state index in [1.165, 1.54) is 0 Å². The van der Waals surface area contributed by atoms with Crippen molar-refractivity contribution in [1.29, 1.82) is 0 Å². The van der Waals surface area contributed by atoms with Gasteiger partial charge in [0.25, 0.3) is 0 Å². The van der Waals surface area contributed by atoms with Crippen molar-refractivity contribution in [3.63, 3.8) is 0 Å². The van der Waals surface area contributed by atoms with Crippen LogP contribution in [0, 0.1) is 5.92 Å². The first-order valence-corrected chi connectivity index (χ1v) is 7.49. The Balaban J connectivity index is 1.65. The Morgan fingerprint density at radius 2 is 2.19 bits per heavy atom. The summed E-state index contributed by atoms with van der Waals surface area (Å²) in [6, 6.07) is 1.78. The van der Waals surface area contributed by atoms with Crippen molar-refractivity contribution >= 4 is 23.2 Å². The summed E-state index contributed by atoms with van der Waals surface area (Å²) in [5.41, 5.74) is 1.36. The molecule has 2 aliphatic rings. The van der Waals surface area contributed by atoms with Crippen molar-refractivity contribution in [2.75, 3.05) is 29.9 Å². The number of piperidine rings is 1. The minimum atomic E-state index is -0.161. The van der Waals surface area contributed by atoms with E-state index < -0.39 is 0 Å². The fraction of sp³-hybridized carbons (Fsp3) is 0.533. The van der Waals surface area contributed by atoms with Gasteiger partial charge in [-0.3, -0.25) is 14.6 Å². The summed E-state index contributed by atoms with van der Waals surface area (Å²) in [4.78, 5) is 29.7. The molecule has 0 saturated carbocycles. The molecule has 3 rings (SSSR count). The van der Waals surface area contributed by atoms with Gasteiger partial charge in [0, 0.05) is 12.6 Å². The smallest absolute Gasteiger partial charge is 0.244 e. The highest BCUT2D eigenvalue weighted by Crippen LogP contribution is 2.29. The van der Waals surface area contributed by atoms with Crippen LogP contribution in [0.3, 0.4) is 0 Å². The molecule has 2 aliphatic heterocycles. The second kappa shape index (κ2) is 6.22. The molecule has 0 bridgehead atoms. The van der Waals surface area contributed by atoms with E-state index in [0.29, 0.717) is 18.0 Å². The molecule has 21 heavy (non-hydrogen) atoms. The molecule has 0 aromatic carbocycles. The zero-order chi connectivity index (χ0) is 14.7. The van der Waals surface area contributed by atoms with Gasteiger partial charge in [-0.2, -0.15) is 0 Å². The van der Waals surface area contributed by atoms with Gasteiger partial charge < -0.3 is 15.5 Å². The first-order valence-electron chi connectivity index (χ1n) is 7.49. The van der Waals surface area contributed by atoms with E-state index in [2.05, 4.69) is 15.6 Å². The van der Waals surface area contributed by atoms with Crippen LogP contribution in [-0.2, 0) is 9.59 Å². The van der Waals surface area contributed by atoms with Crippen LogP contribution >= 0.6 is 0 Å². The number of amides is 2. The Bertz CT molecular complexity index is 540. The third-order valence-corrected chi connectivity index (χ3v) is 4.19. The topological polar surface area (TPSA) is 74.3 Å². The average molecular weight is 288 g/mol. The Kier molecular flexibility index (Phi) is 4.15. The Hall–Kier alpha value is -1.95. The van der Waals surface area contributed by atoms with E-state index >= 15 is 0 Å². The summed E-state index contributed by atoms with van der Waals surface area (Å²) in [7, 11) is 0. The zero-order valence-corrected chi connectivity index (χ0v) is 12.0. The highest BCUT2D eigenvalue weighted by atomic mass is 16.2. The number of fused-ring (bicyclic) bond motifs is 1. The van der Waals surface area contributed by atoms with Crippen LogP contribution < -0.4 is 15.5 Å². The number of nitrogens with zero attached hydrogens (tertiary/aromatic N) is 2. The summed E-state index contributed by atoms with van der Waals surface area (Å²) in [6.07, 6.45) is 6.89. The van der Waals surface area contributed by atoms with Crippen molar-refractivity contribution in [3.8, 4) is 0 Å². The van der Waals surface area contributed by atoms with Gasteiger partial charge in [0.15, 0.2) is 0 Å². The van der Waals surface area contributed by atoms with Crippen LogP contribution in [-0.4, -0.2) is 36.4 Å². The minimum absolute atomic E-state index is 0.0239. The first-order chi connectivity index (χ1) is 10.2. The van der Waals surface area contributed by atoms with Crippen molar-refractivity contribution in [2.24, 2.45) is 5.92 Å². The highest BCUT2D eigenvalue weighted by molar-refractivity contribution is 6.09. The maximum atomic E-state index is 12.5. The van der Waals surface area contributed by atoms with Crippen LogP contribution in [0.4, 0.5) is 11.4 Å². The molecular formula is C15H20N4O2. The Labute approximate surface area is 123 Å². The molecule has 0 spiro atoms. The maximum absolute atomic E-state index is 12.5. The van der Waals surface area contributed by atoms with Crippen molar-refractivity contribution in [2.45, 2.75) is 25.7 Å². The minimum Gasteiger partial charge on any atom is -0.321 e. The molecule has 112 valence electrons. The molecule has 1 aromatic heterocycles. The number of hydrogen-bond donors (Lipinski definition) is 2. The number of pyridine rings is 1. The van der Waals surface area contributed by atoms with Crippen LogP contribution in [0.2, 0.25) is 0 Å². The van der Waals surface area contributed by atoms with E-state index in [-0.39, 0.29) is 18.4 Å². The van der Waals surface area contributed by atoms with Gasteiger partial charge in [0.2, 0.25) is 11.8 Å². The lowest BCUT2D eigenvalue weighted by Crippen LogP contribution is -2.42. The molecule has 0 radical (unpaired) electrons. The first kappa shape index (κ1) is 14.0. The zero-order valence-electron chi connectivity index (χ0n) is 12.0. The molecule has 0 unspecified atom stereocenters. The molecular weight excluding hydrogens is 268 g/mol. The standard InChI is InChI=1S/C15H20N4O2/c20-14-10-19(13-5-8-17-9-12(13)18-14)15(21)2-1-11-3-6-16-7-4-11/h5,8-9,11,16H,1-4,6-7,10H2,(H,18,20). The summed E-state index contributed by atoms with van der Waals surface area (Å²) >= 11 is 0. The molecule has 0 atom stereocenters. The Morgan fingerprint density at radius 1 is 1.38 bits per heavy atom. The number of nitrogens with one attached hydrogen (secondary N) is 2. The molecule has 1 aromatic rings. The second-order valence-electron chi connectivity index (χ2n) is 5.65. The van der Waals surface area contributed by atoms with Crippen molar-refractivity contribution in [1.82, 2.24) is 10.3 Å². The number of aromatic nitrogens is 1. The molecule has 6 nitrogen and oxygen atoms in total. The SMILES string of the molecule is O=C1CN(C(=O)CCC2CCNCC2)c2ccncc2N1. The van der Waals surface area contributed by atoms with Crippen LogP contribution in [0.25, 0.3) is 0 Å². The van der Waals surface area contributed by atoms with Gasteiger partial charge in [-0.15, -0.1) is 0 Å². The van der Waals surface area contributed by atoms with Crippen LogP contribution in [0.15, 0.2) is 18.5 Å². The number of anilines is 2. The van der Waals surface area contributed by atoms with E-state index in [0.717, 1.165) is 38.0 Å². The summed E-state index contributed by atoms with van der Waals surface area (Å²) in [5, 5.41) is 6.08. The average Bonchev–Trinajstić information content (AvgIpc) is 2.52. The number of carbonyl (C=O) groups is 2. The molecule has 3 heterocycles. The largest absolute Gasteiger partial charge is 0.321 e. The lowest BCUT2D eigenvalue weighted by Gasteiger charge is -2.29. The van der Waals surface area contributed by atoms with E-state index in [4.69, 9.17) is 0 Å². The lowest BCUT2D eigenvalue weighted by molar-refractivity contribution is -0.122. The molecule has 2 N–H and O–H groups in total. The van der Waals surface area contributed by atoms with Gasteiger partial charge >= 0.3 is 0 Å². The van der Waals surface area contributed by atoms with Gasteiger partial charge in [-0.1, -0.05) is 0 Å². The van der Waals surface area contributed by atoms with Crippen molar-refractivity contribution < 1.29 is 9.59 Å². The van der Waals surface area contributed by atoms with Gasteiger partial charge in [-0.05, 0) is 44.3 Å². The third-order valence-electron chi connectivity index (χ3n) is 4.19. The van der Waals surface area contributed by atoms with E-state index in [1.807, 2.05) is 0 Å². The summed E-state index contributed by atoms with van der Waals surface area (Å²) in [5.74, 6) is 0.479. The van der Waals surface area contributed by atoms with E-state index in [1.54, 1.807) is 23.4 Å². The number of hydrogen-bond acceptors (Lipinski definition) is 4. The van der Waals surface area contributed by atoms with Crippen LogP contribution in [0.1, 0.15) is 25.7 Å². The van der Waals surface area contributed by atoms with Gasteiger partial charge in [0.1, 0.15) is 6.54 Å². The molecule has 0 aliphatic carbocycles. The molecule has 1 saturated heterocycles. The molecule has 1 fully saturated rings. The Morgan fingerprint density at radius 3 is 3.00 bits per heavy atom. The van der Waals surface area contributed by atoms with E-state index in [9.17, 15) is 9.59 Å². The third kappa shape index (κ3) is 3.21. The number of carbonyl (C=O) groups excluding carboxylic acids is 2. The van der Waals surface area contributed by atoms with Crippen molar-refractivity contribution in [3.05, 3.63) is 18.5 Å². The van der Waals surface area contributed by atoms with Gasteiger partial charge in [0.05, 0.1) is 17.6 Å². The van der Waals surface area contributed by atoms with Crippen LogP contribution in [0.5, 0.6) is 0 Å². The fourth-order valence-corrected chi connectivity index (χ4v) is 2.99. The monoisotopic (exact) mass is 288 g/mol. The second-order valence-corrected chi connectivity index (χ2v) is 5.65. The highest BCUT2D eigenvalue weighted by Gasteiger charge is 2.27. The maximum Gasteiger partial charge on any atom is 0.244 e. The molecule has 6 heteroatoms. The summed E-state index contributed by atoms with van der Waals surface area (Å²) in [6.45, 7) is 2.18. The predicted octanol–water partition coefficient (Wildman–Crippen LogP) is 1.15. The molecule has 2 amide bonds. The fourth-order valence-electron chi connectivity index (χ4n) is 2.99. The summed E-state index contributed by atoms with van der Waals surface area (Å²) < 4.78 is 0. The lowest BCUT2D eigenvalue weighted by atomic mass is 9.93. The normalized spacial score (nSPS) is 19.0.